The highest BCUT2D eigenvalue weighted by molar-refractivity contribution is 7.14. The summed E-state index contributed by atoms with van der Waals surface area (Å²) in [6.07, 6.45) is 0. The number of nitrogens with one attached hydrogen (secondary N) is 2. The Morgan fingerprint density at radius 1 is 1.04 bits per heavy atom. The first-order chi connectivity index (χ1) is 12.5. The van der Waals surface area contributed by atoms with E-state index in [1.165, 1.54) is 42.7 Å². The highest BCUT2D eigenvalue weighted by Crippen LogP contribution is 2.25. The smallest absolute Gasteiger partial charge is 0.337 e. The molecule has 132 valence electrons. The van der Waals surface area contributed by atoms with Crippen LogP contribution in [-0.2, 0) is 4.74 Å². The van der Waals surface area contributed by atoms with Gasteiger partial charge in [0, 0.05) is 16.6 Å². The molecule has 0 radical (unpaired) electrons. The van der Waals surface area contributed by atoms with Crippen molar-refractivity contribution in [3.63, 3.8) is 0 Å². The van der Waals surface area contributed by atoms with Crippen molar-refractivity contribution in [2.24, 2.45) is 0 Å². The minimum Gasteiger partial charge on any atom is -0.465 e. The minimum atomic E-state index is -0.474. The molecule has 1 aromatic heterocycles. The van der Waals surface area contributed by atoms with Gasteiger partial charge in [-0.05, 0) is 36.4 Å². The molecule has 6 nitrogen and oxygen atoms in total. The van der Waals surface area contributed by atoms with Gasteiger partial charge in [-0.15, -0.1) is 11.3 Å². The standard InChI is InChI=1S/C18H14FN3O3S/c1-25-16(23)12-4-2-11(3-5-12)15-10-26-18(21-15)22-17(24)20-14-8-6-13(19)7-9-14/h2-10H,1H3,(H2,20,21,22,24). The summed E-state index contributed by atoms with van der Waals surface area (Å²) in [5.41, 5.74) is 2.40. The summed E-state index contributed by atoms with van der Waals surface area (Å²) in [5, 5.41) is 7.42. The van der Waals surface area contributed by atoms with Crippen LogP contribution >= 0.6 is 11.3 Å². The Hall–Kier alpha value is -3.26. The van der Waals surface area contributed by atoms with E-state index in [4.69, 9.17) is 0 Å². The highest BCUT2D eigenvalue weighted by atomic mass is 32.1. The third-order valence-corrected chi connectivity index (χ3v) is 4.19. The van der Waals surface area contributed by atoms with Gasteiger partial charge in [0.05, 0.1) is 18.4 Å². The van der Waals surface area contributed by atoms with Crippen molar-refractivity contribution in [1.29, 1.82) is 0 Å². The molecule has 0 bridgehead atoms. The average molecular weight is 371 g/mol. The van der Waals surface area contributed by atoms with Crippen molar-refractivity contribution in [1.82, 2.24) is 4.98 Å². The van der Waals surface area contributed by atoms with Crippen molar-refractivity contribution < 1.29 is 18.7 Å². The number of nitrogens with zero attached hydrogens (tertiary/aromatic N) is 1. The summed E-state index contributed by atoms with van der Waals surface area (Å²) in [6.45, 7) is 0. The van der Waals surface area contributed by atoms with Gasteiger partial charge in [-0.1, -0.05) is 12.1 Å². The van der Waals surface area contributed by atoms with Crippen LogP contribution in [0.25, 0.3) is 11.3 Å². The lowest BCUT2D eigenvalue weighted by Gasteiger charge is -2.05. The maximum atomic E-state index is 12.9. The molecular formula is C18H14FN3O3S. The van der Waals surface area contributed by atoms with Gasteiger partial charge in [-0.2, -0.15) is 0 Å². The number of rotatable bonds is 4. The third-order valence-electron chi connectivity index (χ3n) is 3.43. The maximum Gasteiger partial charge on any atom is 0.337 e. The number of halogens is 1. The molecule has 2 N–H and O–H groups in total. The Kier molecular flexibility index (Phi) is 5.23. The van der Waals surface area contributed by atoms with Crippen molar-refractivity contribution in [3.8, 4) is 11.3 Å². The van der Waals surface area contributed by atoms with Crippen LogP contribution in [0.15, 0.2) is 53.9 Å². The Labute approximate surface area is 152 Å². The Morgan fingerprint density at radius 2 is 1.73 bits per heavy atom. The summed E-state index contributed by atoms with van der Waals surface area (Å²) >= 11 is 1.27. The normalized spacial score (nSPS) is 10.2. The number of thiazole rings is 1. The fourth-order valence-corrected chi connectivity index (χ4v) is 2.87. The molecule has 3 rings (SSSR count). The van der Waals surface area contributed by atoms with Crippen LogP contribution in [0.3, 0.4) is 0 Å². The van der Waals surface area contributed by atoms with Crippen LogP contribution in [0, 0.1) is 5.82 Å². The SMILES string of the molecule is COC(=O)c1ccc(-c2csc(NC(=O)Nc3ccc(F)cc3)n2)cc1. The zero-order valence-corrected chi connectivity index (χ0v) is 14.5. The third kappa shape index (κ3) is 4.22. The van der Waals surface area contributed by atoms with E-state index in [-0.39, 0.29) is 5.82 Å². The number of ether oxygens (including phenoxy) is 1. The Balaban J connectivity index is 1.64. The van der Waals surface area contributed by atoms with E-state index in [1.54, 1.807) is 29.6 Å². The molecule has 0 atom stereocenters. The summed E-state index contributed by atoms with van der Waals surface area (Å²) in [4.78, 5) is 27.8. The fraction of sp³-hybridized carbons (Fsp3) is 0.0556. The average Bonchev–Trinajstić information content (AvgIpc) is 3.11. The number of aromatic nitrogens is 1. The number of hydrogen-bond acceptors (Lipinski definition) is 5. The second-order valence-electron chi connectivity index (χ2n) is 5.19. The minimum absolute atomic E-state index is 0.376. The fourth-order valence-electron chi connectivity index (χ4n) is 2.15. The van der Waals surface area contributed by atoms with Crippen LogP contribution < -0.4 is 10.6 Å². The predicted molar refractivity (Wildman–Crippen MR) is 97.9 cm³/mol. The van der Waals surface area contributed by atoms with Crippen molar-refractivity contribution in [2.45, 2.75) is 0 Å². The molecule has 0 saturated heterocycles. The van der Waals surface area contributed by atoms with Crippen LogP contribution in [0.2, 0.25) is 0 Å². The molecule has 8 heteroatoms. The van der Waals surface area contributed by atoms with Gasteiger partial charge in [-0.25, -0.2) is 19.0 Å². The Morgan fingerprint density at radius 3 is 2.38 bits per heavy atom. The van der Waals surface area contributed by atoms with Gasteiger partial charge in [-0.3, -0.25) is 5.32 Å². The molecule has 3 aromatic rings. The highest BCUT2D eigenvalue weighted by Gasteiger charge is 2.10. The molecule has 0 saturated carbocycles. The van der Waals surface area contributed by atoms with E-state index in [1.807, 2.05) is 0 Å². The zero-order valence-electron chi connectivity index (χ0n) is 13.7. The number of methoxy groups -OCH3 is 1. The Bertz CT molecular complexity index is 924. The van der Waals surface area contributed by atoms with Gasteiger partial charge >= 0.3 is 12.0 Å². The van der Waals surface area contributed by atoms with Crippen LogP contribution in [0.4, 0.5) is 20.0 Å². The lowest BCUT2D eigenvalue weighted by molar-refractivity contribution is 0.0600. The molecule has 26 heavy (non-hydrogen) atoms. The van der Waals surface area contributed by atoms with Gasteiger partial charge in [0.2, 0.25) is 0 Å². The number of hydrogen-bond donors (Lipinski definition) is 2. The number of esters is 1. The monoisotopic (exact) mass is 371 g/mol. The first-order valence-electron chi connectivity index (χ1n) is 7.53. The van der Waals surface area contributed by atoms with E-state index in [9.17, 15) is 14.0 Å². The number of anilines is 2. The van der Waals surface area contributed by atoms with Gasteiger partial charge < -0.3 is 10.1 Å². The molecule has 0 aliphatic heterocycles. The van der Waals surface area contributed by atoms with Crippen molar-refractivity contribution >= 4 is 34.2 Å². The summed E-state index contributed by atoms with van der Waals surface area (Å²) < 4.78 is 17.5. The summed E-state index contributed by atoms with van der Waals surface area (Å²) in [6, 6.07) is 11.8. The number of benzene rings is 2. The van der Waals surface area contributed by atoms with E-state index in [0.29, 0.717) is 22.1 Å². The molecule has 0 fully saturated rings. The first-order valence-corrected chi connectivity index (χ1v) is 8.41. The van der Waals surface area contributed by atoms with E-state index in [0.717, 1.165) is 5.56 Å². The number of amides is 2. The second-order valence-corrected chi connectivity index (χ2v) is 6.05. The molecule has 1 heterocycles. The molecule has 0 unspecified atom stereocenters. The molecule has 2 aromatic carbocycles. The molecule has 0 spiro atoms. The second kappa shape index (κ2) is 7.75. The van der Waals surface area contributed by atoms with Crippen LogP contribution in [0.1, 0.15) is 10.4 Å². The quantitative estimate of drug-likeness (QED) is 0.667. The van der Waals surface area contributed by atoms with Crippen molar-refractivity contribution in [3.05, 3.63) is 65.3 Å². The first kappa shape index (κ1) is 17.6. The number of urea groups is 1. The van der Waals surface area contributed by atoms with Crippen LogP contribution in [0.5, 0.6) is 0 Å². The molecule has 0 aliphatic carbocycles. The van der Waals surface area contributed by atoms with Gasteiger partial charge in [0.25, 0.3) is 0 Å². The number of carbonyl (C=O) groups excluding carboxylic acids is 2. The maximum absolute atomic E-state index is 12.9. The van der Waals surface area contributed by atoms with Crippen LogP contribution in [-0.4, -0.2) is 24.1 Å². The zero-order chi connectivity index (χ0) is 18.5. The van der Waals surface area contributed by atoms with E-state index < -0.39 is 12.0 Å². The van der Waals surface area contributed by atoms with E-state index >= 15 is 0 Å². The lowest BCUT2D eigenvalue weighted by Crippen LogP contribution is -2.19. The molecular weight excluding hydrogens is 357 g/mol. The van der Waals surface area contributed by atoms with E-state index in [2.05, 4.69) is 20.4 Å². The van der Waals surface area contributed by atoms with Crippen molar-refractivity contribution in [2.75, 3.05) is 17.7 Å². The predicted octanol–water partition coefficient (Wildman–Crippen LogP) is 4.38. The van der Waals surface area contributed by atoms with Gasteiger partial charge in [0.1, 0.15) is 5.82 Å². The topological polar surface area (TPSA) is 80.3 Å². The lowest BCUT2D eigenvalue weighted by atomic mass is 10.1. The summed E-state index contributed by atoms with van der Waals surface area (Å²) in [5.74, 6) is -0.784. The molecule has 0 aliphatic rings. The summed E-state index contributed by atoms with van der Waals surface area (Å²) in [7, 11) is 1.33. The molecule has 2 amide bonds. The number of carbonyl (C=O) groups is 2. The van der Waals surface area contributed by atoms with Gasteiger partial charge in [0.15, 0.2) is 5.13 Å². The largest absolute Gasteiger partial charge is 0.465 e.